The molecule has 5 nitrogen and oxygen atoms in total. The van der Waals surface area contributed by atoms with Gasteiger partial charge in [-0.3, -0.25) is 14.7 Å². The van der Waals surface area contributed by atoms with Gasteiger partial charge in [-0.05, 0) is 42.6 Å². The third kappa shape index (κ3) is 3.83. The molecule has 0 aliphatic carbocycles. The number of benzene rings is 1. The predicted molar refractivity (Wildman–Crippen MR) is 106 cm³/mol. The van der Waals surface area contributed by atoms with E-state index in [1.54, 1.807) is 6.20 Å². The zero-order valence-corrected chi connectivity index (χ0v) is 16.0. The molecule has 5 heteroatoms. The highest BCUT2D eigenvalue weighted by molar-refractivity contribution is 5.99. The summed E-state index contributed by atoms with van der Waals surface area (Å²) in [6.07, 6.45) is 5.50. The molecule has 2 aliphatic heterocycles. The third-order valence-corrected chi connectivity index (χ3v) is 5.42. The molecule has 2 bridgehead atoms. The summed E-state index contributed by atoms with van der Waals surface area (Å²) in [5, 5.41) is 0. The van der Waals surface area contributed by atoms with Crippen LogP contribution in [-0.2, 0) is 11.3 Å². The first kappa shape index (κ1) is 18.0. The standard InChI is InChI=1S/C22H27N3O2/c1-16(2)9-11-24-15-18-12-20(24)22(26)25(14-17-6-5-10-23-13-17)19-7-3-4-8-21(19)27-18/h3-8,10,13,16,18,20H,9,11-12,14-15H2,1-2H3/t18-,20-/m0/s1. The van der Waals surface area contributed by atoms with Crippen molar-refractivity contribution in [3.05, 3.63) is 54.4 Å². The molecule has 2 aliphatic rings. The Labute approximate surface area is 161 Å². The van der Waals surface area contributed by atoms with E-state index in [0.29, 0.717) is 12.5 Å². The molecule has 27 heavy (non-hydrogen) atoms. The Kier molecular flexibility index (Phi) is 5.12. The molecule has 2 atom stereocenters. The van der Waals surface area contributed by atoms with Gasteiger partial charge in [-0.1, -0.05) is 32.0 Å². The van der Waals surface area contributed by atoms with Gasteiger partial charge in [-0.15, -0.1) is 0 Å². The second-order valence-electron chi connectivity index (χ2n) is 7.92. The summed E-state index contributed by atoms with van der Waals surface area (Å²) in [5.41, 5.74) is 1.87. The Balaban J connectivity index is 1.67. The Morgan fingerprint density at radius 3 is 2.85 bits per heavy atom. The second-order valence-corrected chi connectivity index (χ2v) is 7.92. The minimum absolute atomic E-state index is 0.0767. The SMILES string of the molecule is CC(C)CCN1C[C@@H]2C[C@H]1C(=O)N(Cc1cccnc1)c1ccccc1O2. The molecule has 142 valence electrons. The van der Waals surface area contributed by atoms with Gasteiger partial charge in [0, 0.05) is 25.4 Å². The van der Waals surface area contributed by atoms with Crippen molar-refractivity contribution >= 4 is 11.6 Å². The number of pyridine rings is 1. The average Bonchev–Trinajstić information content (AvgIpc) is 3.08. The zero-order valence-electron chi connectivity index (χ0n) is 16.0. The van der Waals surface area contributed by atoms with Crippen LogP contribution in [0.4, 0.5) is 5.69 Å². The second kappa shape index (κ2) is 7.69. The lowest BCUT2D eigenvalue weighted by atomic mass is 10.1. The summed E-state index contributed by atoms with van der Waals surface area (Å²) in [6.45, 7) is 6.71. The Bertz CT molecular complexity index is 793. The molecule has 1 aromatic heterocycles. The number of anilines is 1. The first-order valence-electron chi connectivity index (χ1n) is 9.82. The minimum Gasteiger partial charge on any atom is -0.487 e. The van der Waals surface area contributed by atoms with Crippen molar-refractivity contribution in [3.63, 3.8) is 0 Å². The van der Waals surface area contributed by atoms with Crippen LogP contribution in [0.25, 0.3) is 0 Å². The number of ether oxygens (including phenoxy) is 1. The quantitative estimate of drug-likeness (QED) is 0.814. The maximum Gasteiger partial charge on any atom is 0.244 e. The third-order valence-electron chi connectivity index (χ3n) is 5.42. The Hall–Kier alpha value is -2.40. The van der Waals surface area contributed by atoms with Gasteiger partial charge in [0.25, 0.3) is 0 Å². The molecule has 0 unspecified atom stereocenters. The first-order chi connectivity index (χ1) is 13.1. The molecule has 0 spiro atoms. The molecule has 3 heterocycles. The van der Waals surface area contributed by atoms with E-state index in [4.69, 9.17) is 4.74 Å². The zero-order chi connectivity index (χ0) is 18.8. The van der Waals surface area contributed by atoms with E-state index in [-0.39, 0.29) is 18.1 Å². The van der Waals surface area contributed by atoms with Crippen molar-refractivity contribution in [2.24, 2.45) is 5.92 Å². The number of hydrogen-bond donors (Lipinski definition) is 0. The Morgan fingerprint density at radius 2 is 2.07 bits per heavy atom. The smallest absolute Gasteiger partial charge is 0.244 e. The number of para-hydroxylation sites is 2. The van der Waals surface area contributed by atoms with Crippen LogP contribution in [-0.4, -0.2) is 41.0 Å². The molecule has 2 aromatic rings. The van der Waals surface area contributed by atoms with Crippen LogP contribution in [0, 0.1) is 5.92 Å². The molecule has 0 saturated carbocycles. The van der Waals surface area contributed by atoms with E-state index in [9.17, 15) is 4.79 Å². The normalized spacial score (nSPS) is 22.3. The molecular weight excluding hydrogens is 338 g/mol. The number of carbonyl (C=O) groups excluding carboxylic acids is 1. The van der Waals surface area contributed by atoms with Gasteiger partial charge >= 0.3 is 0 Å². The maximum absolute atomic E-state index is 13.6. The fourth-order valence-electron chi connectivity index (χ4n) is 3.97. The molecular formula is C22H27N3O2. The van der Waals surface area contributed by atoms with Crippen molar-refractivity contribution in [3.8, 4) is 5.75 Å². The maximum atomic E-state index is 13.6. The fraction of sp³-hybridized carbons (Fsp3) is 0.455. The Morgan fingerprint density at radius 1 is 1.22 bits per heavy atom. The van der Waals surface area contributed by atoms with Gasteiger partial charge in [-0.25, -0.2) is 0 Å². The van der Waals surface area contributed by atoms with Gasteiger partial charge in [0.2, 0.25) is 5.91 Å². The number of amides is 1. The molecule has 1 saturated heterocycles. The lowest BCUT2D eigenvalue weighted by Gasteiger charge is -2.32. The lowest BCUT2D eigenvalue weighted by molar-refractivity contribution is -0.123. The minimum atomic E-state index is -0.112. The van der Waals surface area contributed by atoms with Crippen LogP contribution in [0.3, 0.4) is 0 Å². The summed E-state index contributed by atoms with van der Waals surface area (Å²) >= 11 is 0. The van der Waals surface area contributed by atoms with Crippen LogP contribution in [0.15, 0.2) is 48.8 Å². The van der Waals surface area contributed by atoms with Crippen LogP contribution in [0.5, 0.6) is 5.75 Å². The number of fused-ring (bicyclic) bond motifs is 3. The summed E-state index contributed by atoms with van der Waals surface area (Å²) in [7, 11) is 0. The topological polar surface area (TPSA) is 45.7 Å². The molecule has 1 aromatic carbocycles. The van der Waals surface area contributed by atoms with E-state index in [0.717, 1.165) is 42.9 Å². The number of nitrogens with zero attached hydrogens (tertiary/aromatic N) is 3. The van der Waals surface area contributed by atoms with E-state index in [1.807, 2.05) is 47.5 Å². The molecule has 4 rings (SSSR count). The van der Waals surface area contributed by atoms with Crippen molar-refractivity contribution in [1.82, 2.24) is 9.88 Å². The van der Waals surface area contributed by atoms with E-state index < -0.39 is 0 Å². The lowest BCUT2D eigenvalue weighted by Crippen LogP contribution is -2.46. The van der Waals surface area contributed by atoms with E-state index in [2.05, 4.69) is 23.7 Å². The summed E-state index contributed by atoms with van der Waals surface area (Å²) in [6, 6.07) is 11.7. The number of rotatable bonds is 5. The molecule has 0 radical (unpaired) electrons. The largest absolute Gasteiger partial charge is 0.487 e. The molecule has 1 amide bonds. The molecule has 1 fully saturated rings. The highest BCUT2D eigenvalue weighted by atomic mass is 16.5. The van der Waals surface area contributed by atoms with Gasteiger partial charge in [0.15, 0.2) is 0 Å². The number of likely N-dealkylation sites (tertiary alicyclic amines) is 1. The fourth-order valence-corrected chi connectivity index (χ4v) is 3.97. The summed E-state index contributed by atoms with van der Waals surface area (Å²) < 4.78 is 6.33. The van der Waals surface area contributed by atoms with Crippen molar-refractivity contribution in [2.75, 3.05) is 18.0 Å². The van der Waals surface area contributed by atoms with Gasteiger partial charge < -0.3 is 9.64 Å². The van der Waals surface area contributed by atoms with Gasteiger partial charge in [0.1, 0.15) is 11.9 Å². The monoisotopic (exact) mass is 365 g/mol. The van der Waals surface area contributed by atoms with E-state index >= 15 is 0 Å². The number of hydrogen-bond acceptors (Lipinski definition) is 4. The van der Waals surface area contributed by atoms with Crippen LogP contribution in [0.2, 0.25) is 0 Å². The predicted octanol–water partition coefficient (Wildman–Crippen LogP) is 3.50. The number of carbonyl (C=O) groups is 1. The van der Waals surface area contributed by atoms with Gasteiger partial charge in [-0.2, -0.15) is 0 Å². The van der Waals surface area contributed by atoms with Crippen molar-refractivity contribution in [1.29, 1.82) is 0 Å². The van der Waals surface area contributed by atoms with E-state index in [1.165, 1.54) is 0 Å². The van der Waals surface area contributed by atoms with Crippen molar-refractivity contribution < 1.29 is 9.53 Å². The molecule has 0 N–H and O–H groups in total. The summed E-state index contributed by atoms with van der Waals surface area (Å²) in [4.78, 5) is 22.0. The van der Waals surface area contributed by atoms with Gasteiger partial charge in [0.05, 0.1) is 18.3 Å². The highest BCUT2D eigenvalue weighted by Crippen LogP contribution is 2.37. The summed E-state index contributed by atoms with van der Waals surface area (Å²) in [5.74, 6) is 1.58. The first-order valence-corrected chi connectivity index (χ1v) is 9.82. The van der Waals surface area contributed by atoms with Crippen LogP contribution < -0.4 is 9.64 Å². The van der Waals surface area contributed by atoms with Crippen molar-refractivity contribution in [2.45, 2.75) is 45.4 Å². The average molecular weight is 365 g/mol. The van der Waals surface area contributed by atoms with Crippen LogP contribution >= 0.6 is 0 Å². The highest BCUT2D eigenvalue weighted by Gasteiger charge is 2.42. The number of aromatic nitrogens is 1. The van der Waals surface area contributed by atoms with Crippen LogP contribution in [0.1, 0.15) is 32.3 Å².